The first-order valence-corrected chi connectivity index (χ1v) is 9.59. The van der Waals surface area contributed by atoms with Crippen LogP contribution >= 0.6 is 15.9 Å². The third-order valence-corrected chi connectivity index (χ3v) is 5.56. The molecule has 0 fully saturated rings. The first kappa shape index (κ1) is 19.0. The van der Waals surface area contributed by atoms with Gasteiger partial charge in [0.05, 0.1) is 23.4 Å². The second-order valence-electron chi connectivity index (χ2n) is 6.68. The molecule has 1 aliphatic rings. The maximum absolute atomic E-state index is 12.8. The Labute approximate surface area is 173 Å². The SMILES string of the molecule is O=C1c2cccc(Cc3ncccc3Br)c2CN1Cc1cc(=O)c([N+](=O)[O-])c[nH]1. The number of carbonyl (C=O) groups excluding carboxylic acids is 1. The van der Waals surface area contributed by atoms with Crippen LogP contribution in [0.1, 0.15) is 32.9 Å². The molecule has 0 aliphatic carbocycles. The van der Waals surface area contributed by atoms with Crippen molar-refractivity contribution in [2.45, 2.75) is 19.5 Å². The molecule has 0 saturated carbocycles. The second kappa shape index (κ2) is 7.59. The Morgan fingerprint density at radius 3 is 2.79 bits per heavy atom. The van der Waals surface area contributed by atoms with Gasteiger partial charge in [0.1, 0.15) is 0 Å². The molecule has 3 aromatic rings. The van der Waals surface area contributed by atoms with E-state index in [9.17, 15) is 19.7 Å². The molecule has 0 atom stereocenters. The first-order valence-electron chi connectivity index (χ1n) is 8.79. The number of fused-ring (bicyclic) bond motifs is 1. The van der Waals surface area contributed by atoms with Gasteiger partial charge in [-0.25, -0.2) is 0 Å². The van der Waals surface area contributed by atoms with Crippen molar-refractivity contribution in [1.82, 2.24) is 14.9 Å². The number of aromatic amines is 1. The predicted octanol–water partition coefficient (Wildman–Crippen LogP) is 3.19. The number of halogens is 1. The van der Waals surface area contributed by atoms with E-state index >= 15 is 0 Å². The number of carbonyl (C=O) groups is 1. The van der Waals surface area contributed by atoms with Gasteiger partial charge < -0.3 is 9.88 Å². The molecule has 1 N–H and O–H groups in total. The molecule has 146 valence electrons. The first-order chi connectivity index (χ1) is 13.9. The molecule has 1 aromatic carbocycles. The molecular weight excluding hydrogens is 440 g/mol. The van der Waals surface area contributed by atoms with Crippen molar-refractivity contribution in [2.24, 2.45) is 0 Å². The van der Waals surface area contributed by atoms with Crippen LogP contribution in [0.25, 0.3) is 0 Å². The van der Waals surface area contributed by atoms with Gasteiger partial charge in [-0.1, -0.05) is 12.1 Å². The Morgan fingerprint density at radius 1 is 1.24 bits per heavy atom. The van der Waals surface area contributed by atoms with E-state index in [-0.39, 0.29) is 12.5 Å². The quantitative estimate of drug-likeness (QED) is 0.470. The number of H-pyrrole nitrogens is 1. The summed E-state index contributed by atoms with van der Waals surface area (Å²) >= 11 is 3.50. The molecule has 4 rings (SSSR count). The molecule has 0 unspecified atom stereocenters. The van der Waals surface area contributed by atoms with Gasteiger partial charge in [0.25, 0.3) is 11.3 Å². The minimum Gasteiger partial charge on any atom is -0.358 e. The molecule has 29 heavy (non-hydrogen) atoms. The Balaban J connectivity index is 1.59. The number of amides is 1. The van der Waals surface area contributed by atoms with Crippen molar-refractivity contribution in [3.8, 4) is 0 Å². The van der Waals surface area contributed by atoms with Gasteiger partial charge in [-0.3, -0.25) is 24.7 Å². The number of hydrogen-bond donors (Lipinski definition) is 1. The Morgan fingerprint density at radius 2 is 2.07 bits per heavy atom. The minimum atomic E-state index is -0.735. The second-order valence-corrected chi connectivity index (χ2v) is 7.53. The van der Waals surface area contributed by atoms with E-state index in [1.807, 2.05) is 24.3 Å². The highest BCUT2D eigenvalue weighted by atomic mass is 79.9. The lowest BCUT2D eigenvalue weighted by Crippen LogP contribution is -2.24. The summed E-state index contributed by atoms with van der Waals surface area (Å²) < 4.78 is 0.905. The van der Waals surface area contributed by atoms with Crippen LogP contribution in [0.4, 0.5) is 5.69 Å². The number of nitrogens with zero attached hydrogens (tertiary/aromatic N) is 3. The number of pyridine rings is 2. The normalized spacial score (nSPS) is 12.9. The molecule has 2 aromatic heterocycles. The van der Waals surface area contributed by atoms with Gasteiger partial charge in [-0.05, 0) is 45.3 Å². The van der Waals surface area contributed by atoms with Gasteiger partial charge in [0.2, 0.25) is 0 Å². The van der Waals surface area contributed by atoms with E-state index in [4.69, 9.17) is 0 Å². The maximum atomic E-state index is 12.8. The molecule has 8 nitrogen and oxygen atoms in total. The maximum Gasteiger partial charge on any atom is 0.332 e. The third kappa shape index (κ3) is 3.68. The van der Waals surface area contributed by atoms with Crippen LogP contribution in [-0.2, 0) is 19.5 Å². The zero-order chi connectivity index (χ0) is 20.5. The number of nitrogens with one attached hydrogen (secondary N) is 1. The predicted molar refractivity (Wildman–Crippen MR) is 108 cm³/mol. The zero-order valence-corrected chi connectivity index (χ0v) is 16.7. The topological polar surface area (TPSA) is 109 Å². The van der Waals surface area contributed by atoms with Gasteiger partial charge in [0.15, 0.2) is 0 Å². The lowest BCUT2D eigenvalue weighted by molar-refractivity contribution is -0.386. The van der Waals surface area contributed by atoms with Crippen LogP contribution in [0.5, 0.6) is 0 Å². The van der Waals surface area contributed by atoms with E-state index in [1.165, 1.54) is 6.07 Å². The number of aromatic nitrogens is 2. The van der Waals surface area contributed by atoms with Gasteiger partial charge in [-0.2, -0.15) is 0 Å². The van der Waals surface area contributed by atoms with Crippen molar-refractivity contribution >= 4 is 27.5 Å². The summed E-state index contributed by atoms with van der Waals surface area (Å²) in [7, 11) is 0. The van der Waals surface area contributed by atoms with Crippen LogP contribution < -0.4 is 5.43 Å². The molecule has 9 heteroatoms. The fourth-order valence-electron chi connectivity index (χ4n) is 3.42. The summed E-state index contributed by atoms with van der Waals surface area (Å²) in [4.78, 5) is 43.5. The van der Waals surface area contributed by atoms with E-state index in [0.717, 1.165) is 27.5 Å². The average molecular weight is 455 g/mol. The van der Waals surface area contributed by atoms with E-state index < -0.39 is 16.0 Å². The van der Waals surface area contributed by atoms with Crippen LogP contribution in [0.3, 0.4) is 0 Å². The van der Waals surface area contributed by atoms with Crippen molar-refractivity contribution < 1.29 is 9.72 Å². The smallest absolute Gasteiger partial charge is 0.332 e. The Bertz CT molecular complexity index is 1190. The van der Waals surface area contributed by atoms with Crippen LogP contribution in [-0.4, -0.2) is 25.7 Å². The monoisotopic (exact) mass is 454 g/mol. The van der Waals surface area contributed by atoms with Crippen molar-refractivity contribution in [3.63, 3.8) is 0 Å². The number of hydrogen-bond acceptors (Lipinski definition) is 5. The molecule has 3 heterocycles. The number of rotatable bonds is 5. The van der Waals surface area contributed by atoms with Crippen molar-refractivity contribution in [3.05, 3.63) is 102 Å². The summed E-state index contributed by atoms with van der Waals surface area (Å²) in [5.74, 6) is -0.138. The fourth-order valence-corrected chi connectivity index (χ4v) is 3.82. The summed E-state index contributed by atoms with van der Waals surface area (Å²) in [6, 6.07) is 10.5. The third-order valence-electron chi connectivity index (χ3n) is 4.84. The highest BCUT2D eigenvalue weighted by molar-refractivity contribution is 9.10. The molecule has 0 radical (unpaired) electrons. The van der Waals surface area contributed by atoms with Crippen molar-refractivity contribution in [2.75, 3.05) is 0 Å². The molecule has 0 spiro atoms. The van der Waals surface area contributed by atoms with E-state index in [1.54, 1.807) is 17.2 Å². The molecule has 0 saturated heterocycles. The summed E-state index contributed by atoms with van der Waals surface area (Å²) in [6.07, 6.45) is 3.38. The van der Waals surface area contributed by atoms with Crippen molar-refractivity contribution in [1.29, 1.82) is 0 Å². The van der Waals surface area contributed by atoms with Gasteiger partial charge >= 0.3 is 5.69 Å². The van der Waals surface area contributed by atoms with E-state index in [0.29, 0.717) is 24.2 Å². The molecule has 1 aliphatic heterocycles. The minimum absolute atomic E-state index is 0.138. The highest BCUT2D eigenvalue weighted by Gasteiger charge is 2.29. The number of benzene rings is 1. The van der Waals surface area contributed by atoms with Gasteiger partial charge in [0, 0.05) is 41.0 Å². The molecular formula is C20H15BrN4O4. The zero-order valence-electron chi connectivity index (χ0n) is 15.1. The Kier molecular flexibility index (Phi) is 4.98. The van der Waals surface area contributed by atoms with Gasteiger partial charge in [-0.15, -0.1) is 0 Å². The summed E-state index contributed by atoms with van der Waals surface area (Å²) in [5.41, 5.74) is 2.68. The molecule has 1 amide bonds. The largest absolute Gasteiger partial charge is 0.358 e. The highest BCUT2D eigenvalue weighted by Crippen LogP contribution is 2.29. The van der Waals surface area contributed by atoms with E-state index in [2.05, 4.69) is 25.9 Å². The fraction of sp³-hybridized carbons (Fsp3) is 0.150. The number of nitro groups is 1. The summed E-state index contributed by atoms with van der Waals surface area (Å²) in [6.45, 7) is 0.557. The standard InChI is InChI=1S/C20H15BrN4O4/c21-16-5-2-6-22-17(16)7-12-3-1-4-14-15(12)11-24(20(14)27)10-13-8-19(26)18(9-23-13)25(28)29/h1-6,8-9H,7,10-11H2,(H,23,26). The lowest BCUT2D eigenvalue weighted by atomic mass is 9.99. The van der Waals surface area contributed by atoms with Crippen LogP contribution in [0.15, 0.2) is 58.1 Å². The van der Waals surface area contributed by atoms with Crippen LogP contribution in [0.2, 0.25) is 0 Å². The Hall–Kier alpha value is -3.33. The summed E-state index contributed by atoms with van der Waals surface area (Å²) in [5, 5.41) is 10.8. The van der Waals surface area contributed by atoms with Crippen LogP contribution in [0, 0.1) is 10.1 Å². The molecule has 0 bridgehead atoms. The lowest BCUT2D eigenvalue weighted by Gasteiger charge is -2.15. The average Bonchev–Trinajstić information content (AvgIpc) is 3.00.